The second kappa shape index (κ2) is 23.8. The third-order valence-electron chi connectivity index (χ3n) is 1.08. The van der Waals surface area contributed by atoms with Gasteiger partial charge in [0.05, 0.1) is 0 Å². The van der Waals surface area contributed by atoms with Gasteiger partial charge in [-0.3, -0.25) is 0 Å². The van der Waals surface area contributed by atoms with E-state index in [0.29, 0.717) is 0 Å². The van der Waals surface area contributed by atoms with Gasteiger partial charge in [0.2, 0.25) is 0 Å². The summed E-state index contributed by atoms with van der Waals surface area (Å²) in [5.41, 5.74) is 14.2. The molecule has 0 fully saturated rings. The highest BCUT2D eigenvalue weighted by Crippen LogP contribution is 1.66. The SMILES string of the molecule is O=C([O-])CC(=O)[O-].O=C([O-])CC(=O)[O-].[NH3+]CC[NH3+].[NH3+]CC[NH3+]. The van der Waals surface area contributed by atoms with Gasteiger partial charge in [-0.05, 0) is 0 Å². The fourth-order valence-electron chi connectivity index (χ4n) is 0.236. The first-order chi connectivity index (χ1) is 10.1. The molecule has 0 aromatic heterocycles. The summed E-state index contributed by atoms with van der Waals surface area (Å²) >= 11 is 0. The number of carboxylic acid groups (broad SMARTS) is 4. The Kier molecular flexibility index (Phi) is 30.2. The molecule has 132 valence electrons. The molecule has 0 heterocycles. The van der Waals surface area contributed by atoms with Crippen LogP contribution in [0.15, 0.2) is 0 Å². The molecule has 0 aliphatic rings. The number of carboxylic acids is 4. The zero-order valence-corrected chi connectivity index (χ0v) is 12.3. The Morgan fingerprint density at radius 2 is 0.636 bits per heavy atom. The number of carbonyl (C=O) groups excluding carboxylic acids is 4. The van der Waals surface area contributed by atoms with Crippen molar-refractivity contribution in [2.24, 2.45) is 0 Å². The van der Waals surface area contributed by atoms with Crippen LogP contribution < -0.4 is 43.4 Å². The van der Waals surface area contributed by atoms with Crippen LogP contribution in [0.4, 0.5) is 0 Å². The van der Waals surface area contributed by atoms with Gasteiger partial charge in [-0.1, -0.05) is 0 Å². The molecule has 12 heteroatoms. The lowest BCUT2D eigenvalue weighted by molar-refractivity contribution is -0.453. The van der Waals surface area contributed by atoms with E-state index in [9.17, 15) is 39.6 Å². The Morgan fingerprint density at radius 1 is 0.500 bits per heavy atom. The minimum atomic E-state index is -1.63. The molecule has 0 saturated heterocycles. The average molecular weight is 328 g/mol. The molecule has 0 saturated carbocycles. The maximum absolute atomic E-state index is 9.28. The maximum atomic E-state index is 9.28. The van der Waals surface area contributed by atoms with Crippen molar-refractivity contribution in [3.05, 3.63) is 0 Å². The molecular weight excluding hydrogens is 304 g/mol. The molecule has 0 radical (unpaired) electrons. The molecule has 0 unspecified atom stereocenters. The van der Waals surface area contributed by atoms with E-state index in [2.05, 4.69) is 22.9 Å². The van der Waals surface area contributed by atoms with Crippen molar-refractivity contribution in [3.8, 4) is 0 Å². The number of hydrogen-bond acceptors (Lipinski definition) is 8. The van der Waals surface area contributed by atoms with Crippen molar-refractivity contribution in [1.82, 2.24) is 0 Å². The Balaban J connectivity index is -0.000000102. The smallest absolute Gasteiger partial charge is 0.124 e. The fraction of sp³-hybridized carbons (Fsp3) is 0.600. The molecule has 0 spiro atoms. The van der Waals surface area contributed by atoms with Crippen LogP contribution in [0.3, 0.4) is 0 Å². The molecule has 0 rings (SSSR count). The van der Waals surface area contributed by atoms with E-state index < -0.39 is 36.7 Å². The highest BCUT2D eigenvalue weighted by atomic mass is 16.4. The molecule has 12 N–H and O–H groups in total. The Bertz CT molecular complexity index is 253. The summed E-state index contributed by atoms with van der Waals surface area (Å²) in [6.07, 6.45) is -2.06. The van der Waals surface area contributed by atoms with E-state index in [0.717, 1.165) is 26.2 Å². The quantitative estimate of drug-likeness (QED) is 0.338. The third-order valence-corrected chi connectivity index (χ3v) is 1.08. The van der Waals surface area contributed by atoms with Crippen molar-refractivity contribution >= 4 is 23.9 Å². The summed E-state index contributed by atoms with van der Waals surface area (Å²) in [5.74, 6) is -6.50. The second-order valence-electron chi connectivity index (χ2n) is 3.26. The van der Waals surface area contributed by atoms with Crippen LogP contribution in [0.25, 0.3) is 0 Å². The average Bonchev–Trinajstić information content (AvgIpc) is 2.36. The number of rotatable bonds is 6. The molecule has 0 amide bonds. The molecule has 0 aromatic rings. The van der Waals surface area contributed by atoms with Crippen LogP contribution in [-0.4, -0.2) is 50.1 Å². The zero-order valence-electron chi connectivity index (χ0n) is 12.3. The highest BCUT2D eigenvalue weighted by molar-refractivity contribution is 5.86. The number of carbonyl (C=O) groups is 4. The van der Waals surface area contributed by atoms with Gasteiger partial charge in [-0.25, -0.2) is 0 Å². The van der Waals surface area contributed by atoms with Gasteiger partial charge in [0.1, 0.15) is 26.2 Å². The van der Waals surface area contributed by atoms with Crippen molar-refractivity contribution < 1.29 is 62.5 Å². The monoisotopic (exact) mass is 328 g/mol. The third kappa shape index (κ3) is 83.1. The van der Waals surface area contributed by atoms with Crippen molar-refractivity contribution in [3.63, 3.8) is 0 Å². The van der Waals surface area contributed by atoms with Gasteiger partial charge >= 0.3 is 0 Å². The summed E-state index contributed by atoms with van der Waals surface area (Å²) in [6, 6.07) is 0. The van der Waals surface area contributed by atoms with Gasteiger partial charge in [0.15, 0.2) is 0 Å². The number of quaternary nitrogens is 4. The standard InChI is InChI=1S/2C3H4O4.2C2H8N2/c2*4-2(5)1-3(6)7;2*3-1-2-4/h2*1H2,(H,4,5)(H,6,7);2*1-4H2. The molecule has 12 nitrogen and oxygen atoms in total. The number of aliphatic carboxylic acids is 4. The molecule has 22 heavy (non-hydrogen) atoms. The summed E-state index contributed by atoms with van der Waals surface area (Å²) in [7, 11) is 0. The van der Waals surface area contributed by atoms with E-state index in [-0.39, 0.29) is 0 Å². The van der Waals surface area contributed by atoms with Crippen LogP contribution in [0, 0.1) is 0 Å². The van der Waals surface area contributed by atoms with Gasteiger partial charge in [0.25, 0.3) is 0 Å². The largest absolute Gasteiger partial charge is 0.550 e. The molecule has 0 aliphatic heterocycles. The summed E-state index contributed by atoms with van der Waals surface area (Å²) in [4.78, 5) is 37.1. The molecule has 0 bridgehead atoms. The lowest BCUT2D eigenvalue weighted by Gasteiger charge is -1.99. The molecule has 0 atom stereocenters. The summed E-state index contributed by atoms with van der Waals surface area (Å²) < 4.78 is 0. The minimum Gasteiger partial charge on any atom is -0.550 e. The normalized spacial score (nSPS) is 7.82. The predicted octanol–water partition coefficient (Wildman–Crippen LogP) is -11.3. The fourth-order valence-corrected chi connectivity index (χ4v) is 0.236. The second-order valence-corrected chi connectivity index (χ2v) is 3.26. The maximum Gasteiger partial charge on any atom is 0.124 e. The van der Waals surface area contributed by atoms with Gasteiger partial charge < -0.3 is 62.5 Å². The van der Waals surface area contributed by atoms with Crippen LogP contribution in [0.5, 0.6) is 0 Å². The lowest BCUT2D eigenvalue weighted by atomic mass is 10.5. The van der Waals surface area contributed by atoms with Crippen LogP contribution in [0.1, 0.15) is 12.8 Å². The van der Waals surface area contributed by atoms with Crippen molar-refractivity contribution in [2.45, 2.75) is 12.8 Å². The Morgan fingerprint density at radius 3 is 0.636 bits per heavy atom. The summed E-state index contributed by atoms with van der Waals surface area (Å²) in [6.45, 7) is 3.83. The highest BCUT2D eigenvalue weighted by Gasteiger charge is 1.82. The zero-order chi connectivity index (χ0) is 18.6. The molecule has 0 aromatic carbocycles. The predicted molar refractivity (Wildman–Crippen MR) is 60.3 cm³/mol. The van der Waals surface area contributed by atoms with E-state index in [1.165, 1.54) is 0 Å². The Labute approximate surface area is 126 Å². The van der Waals surface area contributed by atoms with Crippen LogP contribution >= 0.6 is 0 Å². The summed E-state index contributed by atoms with van der Waals surface area (Å²) in [5, 5.41) is 37.1. The van der Waals surface area contributed by atoms with E-state index in [1.54, 1.807) is 0 Å². The Hall–Kier alpha value is -2.28. The van der Waals surface area contributed by atoms with E-state index >= 15 is 0 Å². The first-order valence-corrected chi connectivity index (χ1v) is 6.05. The van der Waals surface area contributed by atoms with Gasteiger partial charge in [-0.2, -0.15) is 0 Å². The van der Waals surface area contributed by atoms with Crippen LogP contribution in [0.2, 0.25) is 0 Å². The first kappa shape index (κ1) is 28.0. The number of hydrogen-bond donors (Lipinski definition) is 4. The topological polar surface area (TPSA) is 271 Å². The van der Waals surface area contributed by atoms with Crippen molar-refractivity contribution in [1.29, 1.82) is 0 Å². The minimum absolute atomic E-state index is 0.958. The molecule has 0 aliphatic carbocycles. The van der Waals surface area contributed by atoms with E-state index in [1.807, 2.05) is 0 Å². The first-order valence-electron chi connectivity index (χ1n) is 6.05. The van der Waals surface area contributed by atoms with Gasteiger partial charge in [0, 0.05) is 36.7 Å². The molecular formula is C10H24N4O8. The van der Waals surface area contributed by atoms with Gasteiger partial charge in [-0.15, -0.1) is 0 Å². The van der Waals surface area contributed by atoms with E-state index in [4.69, 9.17) is 0 Å². The van der Waals surface area contributed by atoms with Crippen molar-refractivity contribution in [2.75, 3.05) is 26.2 Å². The van der Waals surface area contributed by atoms with Crippen LogP contribution in [-0.2, 0) is 19.2 Å². The lowest BCUT2D eigenvalue weighted by Crippen LogP contribution is -2.64.